The molecule has 4 heteroatoms. The molecule has 1 aliphatic heterocycles. The van der Waals surface area contributed by atoms with Crippen LogP contribution in [0.5, 0.6) is 0 Å². The van der Waals surface area contributed by atoms with Gasteiger partial charge in [-0.3, -0.25) is 0 Å². The molecule has 102 valence electrons. The van der Waals surface area contributed by atoms with Crippen LogP contribution in [-0.4, -0.2) is 17.8 Å². The molecule has 1 aliphatic rings. The van der Waals surface area contributed by atoms with Gasteiger partial charge in [0, 0.05) is 23.0 Å². The number of rotatable bonds is 3. The van der Waals surface area contributed by atoms with Crippen LogP contribution in [0.25, 0.3) is 6.08 Å². The fourth-order valence-corrected chi connectivity index (χ4v) is 2.28. The first-order chi connectivity index (χ1) is 9.67. The Balaban J connectivity index is 2.01. The third-order valence-corrected chi connectivity index (χ3v) is 3.27. The van der Waals surface area contributed by atoms with Crippen molar-refractivity contribution in [2.24, 2.45) is 4.99 Å². The van der Waals surface area contributed by atoms with Gasteiger partial charge in [-0.15, -0.1) is 0 Å². The lowest BCUT2D eigenvalue weighted by Crippen LogP contribution is -1.89. The second kappa shape index (κ2) is 4.89. The number of methoxy groups -OCH3 is 1. The van der Waals surface area contributed by atoms with E-state index in [1.54, 1.807) is 19.6 Å². The highest BCUT2D eigenvalue weighted by atomic mass is 16.5. The van der Waals surface area contributed by atoms with Crippen LogP contribution >= 0.6 is 0 Å². The number of aromatic amines is 1. The van der Waals surface area contributed by atoms with E-state index in [1.165, 1.54) is 5.56 Å². The van der Waals surface area contributed by atoms with Crippen LogP contribution in [0.15, 0.2) is 51.6 Å². The minimum Gasteiger partial charge on any atom is -0.494 e. The zero-order valence-electron chi connectivity index (χ0n) is 11.7. The average Bonchev–Trinajstić information content (AvgIpc) is 3.11. The molecule has 0 atom stereocenters. The number of H-pyrrole nitrogens is 1. The van der Waals surface area contributed by atoms with Gasteiger partial charge in [0.25, 0.3) is 0 Å². The molecule has 0 saturated carbocycles. The molecule has 0 aliphatic carbocycles. The van der Waals surface area contributed by atoms with Gasteiger partial charge in [-0.05, 0) is 37.6 Å². The fourth-order valence-electron chi connectivity index (χ4n) is 2.28. The smallest absolute Gasteiger partial charge is 0.146 e. The second-order valence-electron chi connectivity index (χ2n) is 4.80. The predicted octanol–water partition coefficient (Wildman–Crippen LogP) is 3.60. The summed E-state index contributed by atoms with van der Waals surface area (Å²) in [6.45, 7) is 4.11. The maximum Gasteiger partial charge on any atom is 0.146 e. The van der Waals surface area contributed by atoms with E-state index in [-0.39, 0.29) is 0 Å². The van der Waals surface area contributed by atoms with Gasteiger partial charge in [-0.1, -0.05) is 0 Å². The molecule has 0 amide bonds. The van der Waals surface area contributed by atoms with E-state index < -0.39 is 0 Å². The third-order valence-electron chi connectivity index (χ3n) is 3.27. The topological polar surface area (TPSA) is 50.5 Å². The van der Waals surface area contributed by atoms with Crippen LogP contribution in [0.3, 0.4) is 0 Å². The Morgan fingerprint density at radius 3 is 2.80 bits per heavy atom. The summed E-state index contributed by atoms with van der Waals surface area (Å²) in [7, 11) is 1.65. The number of hydrogen-bond acceptors (Lipinski definition) is 3. The Hall–Kier alpha value is -2.49. The predicted molar refractivity (Wildman–Crippen MR) is 78.6 cm³/mol. The molecular weight excluding hydrogens is 252 g/mol. The second-order valence-corrected chi connectivity index (χ2v) is 4.80. The number of aromatic nitrogens is 1. The number of furan rings is 1. The highest BCUT2D eigenvalue weighted by Gasteiger charge is 2.17. The minimum absolute atomic E-state index is 0.757. The SMILES string of the molecule is COC1=CC(c2ccoc2)=NC1=Cc1[nH]c(C)cc1C. The number of ether oxygens (including phenoxy) is 1. The molecule has 1 N–H and O–H groups in total. The largest absolute Gasteiger partial charge is 0.494 e. The van der Waals surface area contributed by atoms with Crippen LogP contribution < -0.4 is 0 Å². The third kappa shape index (κ3) is 2.20. The van der Waals surface area contributed by atoms with E-state index in [0.717, 1.165) is 34.1 Å². The zero-order chi connectivity index (χ0) is 14.1. The lowest BCUT2D eigenvalue weighted by molar-refractivity contribution is 0.303. The van der Waals surface area contributed by atoms with Gasteiger partial charge in [0.1, 0.15) is 11.5 Å². The molecule has 4 nitrogen and oxygen atoms in total. The quantitative estimate of drug-likeness (QED) is 0.924. The Kier molecular flexibility index (Phi) is 3.06. The number of aryl methyl sites for hydroxylation is 2. The molecule has 2 aromatic rings. The van der Waals surface area contributed by atoms with Gasteiger partial charge in [-0.2, -0.15) is 0 Å². The van der Waals surface area contributed by atoms with E-state index in [1.807, 2.05) is 25.1 Å². The molecule has 3 rings (SSSR count). The van der Waals surface area contributed by atoms with Crippen LogP contribution in [0.2, 0.25) is 0 Å². The minimum atomic E-state index is 0.757. The van der Waals surface area contributed by atoms with Gasteiger partial charge in [0.05, 0.1) is 25.3 Å². The van der Waals surface area contributed by atoms with Crippen molar-refractivity contribution in [1.29, 1.82) is 0 Å². The molecule has 0 spiro atoms. The number of aliphatic imine (C=N–C) groups is 1. The van der Waals surface area contributed by atoms with E-state index in [2.05, 4.69) is 23.0 Å². The number of allylic oxidation sites excluding steroid dienone is 1. The normalized spacial score (nSPS) is 16.4. The highest BCUT2D eigenvalue weighted by Crippen LogP contribution is 2.26. The molecule has 0 unspecified atom stereocenters. The molecule has 2 aromatic heterocycles. The highest BCUT2D eigenvalue weighted by molar-refractivity contribution is 6.11. The van der Waals surface area contributed by atoms with E-state index in [9.17, 15) is 0 Å². The number of nitrogens with one attached hydrogen (secondary N) is 1. The first kappa shape index (κ1) is 12.5. The van der Waals surface area contributed by atoms with Crippen LogP contribution in [0.1, 0.15) is 22.5 Å². The molecule has 0 saturated heterocycles. The lowest BCUT2D eigenvalue weighted by Gasteiger charge is -2.01. The van der Waals surface area contributed by atoms with Gasteiger partial charge in [0.15, 0.2) is 0 Å². The van der Waals surface area contributed by atoms with Crippen molar-refractivity contribution in [3.63, 3.8) is 0 Å². The summed E-state index contributed by atoms with van der Waals surface area (Å²) < 4.78 is 10.5. The average molecular weight is 268 g/mol. The van der Waals surface area contributed by atoms with Crippen molar-refractivity contribution in [3.05, 3.63) is 64.7 Å². The first-order valence-electron chi connectivity index (χ1n) is 6.42. The number of nitrogens with zero attached hydrogens (tertiary/aromatic N) is 1. The summed E-state index contributed by atoms with van der Waals surface area (Å²) in [4.78, 5) is 7.93. The van der Waals surface area contributed by atoms with E-state index in [0.29, 0.717) is 0 Å². The summed E-state index contributed by atoms with van der Waals surface area (Å²) >= 11 is 0. The summed E-state index contributed by atoms with van der Waals surface area (Å²) in [5, 5.41) is 0. The van der Waals surface area contributed by atoms with Gasteiger partial charge in [0.2, 0.25) is 0 Å². The van der Waals surface area contributed by atoms with Crippen LogP contribution in [0, 0.1) is 13.8 Å². The molecular formula is C16H16N2O2. The summed E-state index contributed by atoms with van der Waals surface area (Å²) in [5.41, 5.74) is 5.99. The fraction of sp³-hybridized carbons (Fsp3) is 0.188. The molecule has 0 bridgehead atoms. The Morgan fingerprint density at radius 1 is 1.35 bits per heavy atom. The first-order valence-corrected chi connectivity index (χ1v) is 6.42. The Labute approximate surface area is 117 Å². The van der Waals surface area contributed by atoms with Crippen molar-refractivity contribution < 1.29 is 9.15 Å². The standard InChI is InChI=1S/C16H16N2O2/c1-10-6-11(2)17-13(10)7-15-16(19-3)8-14(18-15)12-4-5-20-9-12/h4-9,17H,1-3H3. The van der Waals surface area contributed by atoms with Crippen LogP contribution in [0.4, 0.5) is 0 Å². The van der Waals surface area contributed by atoms with Crippen LogP contribution in [-0.2, 0) is 4.74 Å². The van der Waals surface area contributed by atoms with Crippen molar-refractivity contribution in [2.45, 2.75) is 13.8 Å². The van der Waals surface area contributed by atoms with Crippen molar-refractivity contribution in [2.75, 3.05) is 7.11 Å². The van der Waals surface area contributed by atoms with Crippen molar-refractivity contribution in [1.82, 2.24) is 4.98 Å². The molecule has 20 heavy (non-hydrogen) atoms. The maximum atomic E-state index is 5.40. The number of hydrogen-bond donors (Lipinski definition) is 1. The monoisotopic (exact) mass is 268 g/mol. The van der Waals surface area contributed by atoms with Gasteiger partial charge < -0.3 is 14.1 Å². The van der Waals surface area contributed by atoms with Gasteiger partial charge in [-0.25, -0.2) is 4.99 Å². The molecule has 3 heterocycles. The van der Waals surface area contributed by atoms with Crippen molar-refractivity contribution in [3.8, 4) is 0 Å². The van der Waals surface area contributed by atoms with E-state index in [4.69, 9.17) is 9.15 Å². The molecule has 0 aromatic carbocycles. The summed E-state index contributed by atoms with van der Waals surface area (Å²) in [6.07, 6.45) is 7.24. The lowest BCUT2D eigenvalue weighted by atomic mass is 10.2. The summed E-state index contributed by atoms with van der Waals surface area (Å²) in [6, 6.07) is 3.99. The van der Waals surface area contributed by atoms with Gasteiger partial charge >= 0.3 is 0 Å². The maximum absolute atomic E-state index is 5.40. The Morgan fingerprint density at radius 2 is 2.20 bits per heavy atom. The molecule has 0 radical (unpaired) electrons. The Bertz CT molecular complexity index is 716. The van der Waals surface area contributed by atoms with E-state index >= 15 is 0 Å². The molecule has 0 fully saturated rings. The zero-order valence-corrected chi connectivity index (χ0v) is 11.7. The van der Waals surface area contributed by atoms with Crippen molar-refractivity contribution >= 4 is 11.8 Å². The summed E-state index contributed by atoms with van der Waals surface area (Å²) in [5.74, 6) is 0.757.